The van der Waals surface area contributed by atoms with Crippen molar-refractivity contribution in [3.8, 4) is 5.75 Å². The number of ether oxygens (including phenoxy) is 3. The monoisotopic (exact) mass is 401 g/mol. The first-order valence-corrected chi connectivity index (χ1v) is 9.41. The van der Waals surface area contributed by atoms with Crippen LogP contribution >= 0.6 is 0 Å². The molecule has 0 aromatic heterocycles. The Balaban J connectivity index is 1.77. The van der Waals surface area contributed by atoms with Gasteiger partial charge in [-0.25, -0.2) is 9.59 Å². The molecule has 0 heterocycles. The minimum atomic E-state index is -0.973. The van der Waals surface area contributed by atoms with E-state index in [1.807, 2.05) is 38.1 Å². The Morgan fingerprint density at radius 3 is 2.17 bits per heavy atom. The zero-order valence-electron chi connectivity index (χ0n) is 16.9. The van der Waals surface area contributed by atoms with E-state index in [1.54, 1.807) is 31.4 Å². The third kappa shape index (κ3) is 7.83. The van der Waals surface area contributed by atoms with Crippen LogP contribution in [0, 0.1) is 0 Å². The number of hydrogen-bond acceptors (Lipinski definition) is 5. The molecule has 156 valence electrons. The van der Waals surface area contributed by atoms with Crippen molar-refractivity contribution in [2.45, 2.75) is 38.9 Å². The van der Waals surface area contributed by atoms with E-state index < -0.39 is 18.2 Å². The zero-order valence-corrected chi connectivity index (χ0v) is 16.9. The van der Waals surface area contributed by atoms with Gasteiger partial charge in [-0.05, 0) is 49.2 Å². The Hall–Kier alpha value is -3.06. The second-order valence-electron chi connectivity index (χ2n) is 6.77. The lowest BCUT2D eigenvalue weighted by Crippen LogP contribution is -2.29. The third-order valence-corrected chi connectivity index (χ3v) is 4.12. The van der Waals surface area contributed by atoms with E-state index in [2.05, 4.69) is 5.32 Å². The Bertz CT molecular complexity index is 786. The molecule has 0 bridgehead atoms. The number of benzene rings is 2. The van der Waals surface area contributed by atoms with Gasteiger partial charge in [0.05, 0.1) is 19.8 Å². The van der Waals surface area contributed by atoms with Gasteiger partial charge in [0.2, 0.25) is 0 Å². The van der Waals surface area contributed by atoms with Gasteiger partial charge in [0.25, 0.3) is 0 Å². The maximum Gasteiger partial charge on any atom is 0.411 e. The summed E-state index contributed by atoms with van der Waals surface area (Å²) in [5, 5.41) is 11.9. The average Bonchev–Trinajstić information content (AvgIpc) is 2.69. The molecule has 0 aliphatic rings. The summed E-state index contributed by atoms with van der Waals surface area (Å²) < 4.78 is 15.7. The van der Waals surface area contributed by atoms with E-state index in [0.29, 0.717) is 24.3 Å². The molecule has 7 nitrogen and oxygen atoms in total. The molecule has 2 N–H and O–H groups in total. The molecule has 0 saturated carbocycles. The number of rotatable bonds is 10. The van der Waals surface area contributed by atoms with Gasteiger partial charge in [-0.15, -0.1) is 0 Å². The molecule has 0 saturated heterocycles. The van der Waals surface area contributed by atoms with Gasteiger partial charge >= 0.3 is 12.1 Å². The Labute approximate surface area is 170 Å². The number of amides is 1. The molecule has 1 atom stereocenters. The van der Waals surface area contributed by atoms with Crippen molar-refractivity contribution in [2.24, 2.45) is 0 Å². The molecule has 1 unspecified atom stereocenters. The van der Waals surface area contributed by atoms with Crippen molar-refractivity contribution in [3.63, 3.8) is 0 Å². The highest BCUT2D eigenvalue weighted by molar-refractivity contribution is 5.84. The van der Waals surface area contributed by atoms with Crippen LogP contribution in [0.2, 0.25) is 0 Å². The van der Waals surface area contributed by atoms with Crippen molar-refractivity contribution in [2.75, 3.05) is 19.0 Å². The number of carbonyl (C=O) groups is 2. The quantitative estimate of drug-likeness (QED) is 0.627. The summed E-state index contributed by atoms with van der Waals surface area (Å²) in [7, 11) is 1.58. The van der Waals surface area contributed by atoms with Gasteiger partial charge in [0, 0.05) is 18.5 Å². The van der Waals surface area contributed by atoms with Crippen molar-refractivity contribution in [1.29, 1.82) is 0 Å². The largest absolute Gasteiger partial charge is 0.497 e. The third-order valence-electron chi connectivity index (χ3n) is 4.12. The van der Waals surface area contributed by atoms with Gasteiger partial charge in [-0.2, -0.15) is 0 Å². The van der Waals surface area contributed by atoms with Gasteiger partial charge in [-0.1, -0.05) is 24.3 Å². The predicted octanol–water partition coefficient (Wildman–Crippen LogP) is 3.91. The van der Waals surface area contributed by atoms with Gasteiger partial charge in [-0.3, -0.25) is 5.32 Å². The highest BCUT2D eigenvalue weighted by Crippen LogP contribution is 2.15. The smallest absolute Gasteiger partial charge is 0.411 e. The molecule has 0 aliphatic heterocycles. The highest BCUT2D eigenvalue weighted by atomic mass is 16.5. The molecule has 0 spiro atoms. The molecule has 0 fully saturated rings. The summed E-state index contributed by atoms with van der Waals surface area (Å²) >= 11 is 0. The van der Waals surface area contributed by atoms with E-state index in [4.69, 9.17) is 14.2 Å². The highest BCUT2D eigenvalue weighted by Gasteiger charge is 2.20. The number of carboxylic acid groups (broad SMARTS) is 1. The van der Waals surface area contributed by atoms with Gasteiger partial charge < -0.3 is 19.3 Å². The van der Waals surface area contributed by atoms with Crippen LogP contribution in [0.25, 0.3) is 0 Å². The lowest BCUT2D eigenvalue weighted by molar-refractivity contribution is -0.153. The number of anilines is 1. The van der Waals surface area contributed by atoms with Crippen molar-refractivity contribution in [1.82, 2.24) is 0 Å². The van der Waals surface area contributed by atoms with Crippen LogP contribution in [0.15, 0.2) is 48.5 Å². The average molecular weight is 401 g/mol. The van der Waals surface area contributed by atoms with Crippen LogP contribution in [0.3, 0.4) is 0 Å². The minimum absolute atomic E-state index is 0.156. The number of hydrogen-bond donors (Lipinski definition) is 2. The van der Waals surface area contributed by atoms with E-state index in [9.17, 15) is 14.7 Å². The molecule has 2 rings (SSSR count). The van der Waals surface area contributed by atoms with Crippen molar-refractivity contribution in [3.05, 3.63) is 59.7 Å². The van der Waals surface area contributed by atoms with Crippen LogP contribution in [0.1, 0.15) is 25.0 Å². The number of carbonyl (C=O) groups excluding carboxylic acids is 1. The molecule has 29 heavy (non-hydrogen) atoms. The second kappa shape index (κ2) is 11.1. The van der Waals surface area contributed by atoms with Crippen LogP contribution in [-0.4, -0.2) is 43.1 Å². The minimum Gasteiger partial charge on any atom is -0.497 e. The normalized spacial score (nSPS) is 11.7. The molecule has 2 aromatic carbocycles. The Morgan fingerprint density at radius 1 is 1.00 bits per heavy atom. The van der Waals surface area contributed by atoms with Crippen LogP contribution in [0.4, 0.5) is 10.5 Å². The summed E-state index contributed by atoms with van der Waals surface area (Å²) in [5.41, 5.74) is 2.49. The summed E-state index contributed by atoms with van der Waals surface area (Å²) in [6.45, 7) is 3.85. The zero-order chi connectivity index (χ0) is 21.2. The van der Waals surface area contributed by atoms with Crippen molar-refractivity contribution < 1.29 is 28.9 Å². The molecular formula is C22H27NO6. The molecule has 0 radical (unpaired) electrons. The first-order valence-electron chi connectivity index (χ1n) is 9.41. The van der Waals surface area contributed by atoms with E-state index in [1.165, 1.54) is 0 Å². The summed E-state index contributed by atoms with van der Waals surface area (Å²) in [6.07, 6.45) is -0.695. The molecule has 1 amide bonds. The van der Waals surface area contributed by atoms with E-state index in [-0.39, 0.29) is 12.7 Å². The topological polar surface area (TPSA) is 94.1 Å². The number of aliphatic carboxylic acids is 1. The molecule has 2 aromatic rings. The second-order valence-corrected chi connectivity index (χ2v) is 6.77. The first kappa shape index (κ1) is 22.2. The Kier molecular flexibility index (Phi) is 8.48. The molecule has 7 heteroatoms. The summed E-state index contributed by atoms with van der Waals surface area (Å²) in [4.78, 5) is 23.1. The molecule has 0 aliphatic carbocycles. The van der Waals surface area contributed by atoms with Crippen molar-refractivity contribution >= 4 is 17.7 Å². The van der Waals surface area contributed by atoms with Gasteiger partial charge in [0.1, 0.15) is 5.75 Å². The number of carboxylic acids is 1. The SMILES string of the molecule is COc1ccc(NC(=O)OCCc2ccc(CC(OC(C)C)C(=O)O)cc2)cc1. The standard InChI is InChI=1S/C22H27NO6/c1-15(2)29-20(21(24)25)14-17-6-4-16(5-7-17)12-13-28-22(26)23-18-8-10-19(27-3)11-9-18/h4-11,15,20H,12-14H2,1-3H3,(H,23,26)(H,24,25). The maximum atomic E-state index is 11.9. The van der Waals surface area contributed by atoms with Crippen LogP contribution in [-0.2, 0) is 27.1 Å². The van der Waals surface area contributed by atoms with E-state index in [0.717, 1.165) is 11.1 Å². The number of methoxy groups -OCH3 is 1. The van der Waals surface area contributed by atoms with Crippen LogP contribution < -0.4 is 10.1 Å². The lowest BCUT2D eigenvalue weighted by Gasteiger charge is -2.16. The predicted molar refractivity (Wildman–Crippen MR) is 109 cm³/mol. The van der Waals surface area contributed by atoms with Crippen LogP contribution in [0.5, 0.6) is 5.75 Å². The fourth-order valence-electron chi connectivity index (χ4n) is 2.67. The summed E-state index contributed by atoms with van der Waals surface area (Å²) in [5.74, 6) is -0.267. The summed E-state index contributed by atoms with van der Waals surface area (Å²) in [6, 6.07) is 14.5. The molecular weight excluding hydrogens is 374 g/mol. The maximum absolute atomic E-state index is 11.9. The lowest BCUT2D eigenvalue weighted by atomic mass is 10.0. The first-order chi connectivity index (χ1) is 13.9. The Morgan fingerprint density at radius 2 is 1.62 bits per heavy atom. The van der Waals surface area contributed by atoms with Gasteiger partial charge in [0.15, 0.2) is 6.10 Å². The number of nitrogens with one attached hydrogen (secondary N) is 1. The van der Waals surface area contributed by atoms with E-state index >= 15 is 0 Å². The fraction of sp³-hybridized carbons (Fsp3) is 0.364. The fourth-order valence-corrected chi connectivity index (χ4v) is 2.67.